The van der Waals surface area contributed by atoms with E-state index < -0.39 is 0 Å². The normalized spacial score (nSPS) is 10.2. The zero-order chi connectivity index (χ0) is 15.1. The molecular weight excluding hydrogens is 286 g/mol. The highest BCUT2D eigenvalue weighted by atomic mass is 35.5. The number of hydrogen-bond donors (Lipinski definition) is 1. The summed E-state index contributed by atoms with van der Waals surface area (Å²) in [5, 5.41) is 3.65. The topological polar surface area (TPSA) is 38.3 Å². The lowest BCUT2D eigenvalue weighted by Crippen LogP contribution is -2.24. The zero-order valence-corrected chi connectivity index (χ0v) is 12.7. The molecule has 1 amide bonds. The van der Waals surface area contributed by atoms with Gasteiger partial charge in [-0.25, -0.2) is 0 Å². The first-order valence-corrected chi connectivity index (χ1v) is 7.23. The van der Waals surface area contributed by atoms with Crippen LogP contribution in [0.4, 0.5) is 0 Å². The van der Waals surface area contributed by atoms with Crippen LogP contribution >= 0.6 is 11.6 Å². The number of hydrogen-bond acceptors (Lipinski definition) is 2. The summed E-state index contributed by atoms with van der Waals surface area (Å²) in [4.78, 5) is 11.9. The van der Waals surface area contributed by atoms with E-state index in [-0.39, 0.29) is 5.91 Å². The van der Waals surface area contributed by atoms with Gasteiger partial charge in [0.1, 0.15) is 5.75 Å². The number of methoxy groups -OCH3 is 1. The van der Waals surface area contributed by atoms with Gasteiger partial charge in [-0.1, -0.05) is 23.7 Å². The number of rotatable bonds is 6. The van der Waals surface area contributed by atoms with Crippen LogP contribution < -0.4 is 10.1 Å². The molecule has 0 heterocycles. The van der Waals surface area contributed by atoms with Gasteiger partial charge in [0.15, 0.2) is 0 Å². The lowest BCUT2D eigenvalue weighted by Gasteiger charge is -2.06. The predicted molar refractivity (Wildman–Crippen MR) is 85.1 cm³/mol. The van der Waals surface area contributed by atoms with Gasteiger partial charge in [-0.15, -0.1) is 0 Å². The van der Waals surface area contributed by atoms with E-state index in [1.165, 1.54) is 5.56 Å². The highest BCUT2D eigenvalue weighted by Crippen LogP contribution is 2.12. The molecule has 0 saturated heterocycles. The van der Waals surface area contributed by atoms with E-state index in [0.717, 1.165) is 23.6 Å². The molecule has 0 aliphatic carbocycles. The molecule has 0 unspecified atom stereocenters. The molecule has 0 radical (unpaired) electrons. The van der Waals surface area contributed by atoms with Gasteiger partial charge in [0.25, 0.3) is 5.91 Å². The fourth-order valence-electron chi connectivity index (χ4n) is 1.99. The van der Waals surface area contributed by atoms with E-state index in [1.54, 1.807) is 31.4 Å². The molecule has 0 spiro atoms. The second-order valence-corrected chi connectivity index (χ2v) is 5.15. The largest absolute Gasteiger partial charge is 0.497 e. The number of halogens is 1. The Balaban J connectivity index is 1.74. The van der Waals surface area contributed by atoms with Crippen molar-refractivity contribution in [1.82, 2.24) is 5.32 Å². The first-order chi connectivity index (χ1) is 10.2. The van der Waals surface area contributed by atoms with Gasteiger partial charge >= 0.3 is 0 Å². The molecule has 0 aliphatic rings. The third kappa shape index (κ3) is 4.80. The van der Waals surface area contributed by atoms with Crippen LogP contribution in [0.25, 0.3) is 0 Å². The van der Waals surface area contributed by atoms with Gasteiger partial charge in [-0.05, 0) is 54.8 Å². The molecule has 0 aromatic heterocycles. The van der Waals surface area contributed by atoms with Gasteiger partial charge in [0, 0.05) is 17.1 Å². The Labute approximate surface area is 129 Å². The molecule has 110 valence electrons. The predicted octanol–water partition coefficient (Wildman–Crippen LogP) is 3.71. The second-order valence-electron chi connectivity index (χ2n) is 4.71. The molecule has 2 rings (SSSR count). The molecule has 0 atom stereocenters. The first kappa shape index (κ1) is 15.4. The molecule has 3 nitrogen and oxygen atoms in total. The summed E-state index contributed by atoms with van der Waals surface area (Å²) in [6.45, 7) is 0.646. The Morgan fingerprint density at radius 1 is 1.10 bits per heavy atom. The van der Waals surface area contributed by atoms with Crippen molar-refractivity contribution in [2.45, 2.75) is 12.8 Å². The van der Waals surface area contributed by atoms with Crippen molar-refractivity contribution in [2.24, 2.45) is 0 Å². The summed E-state index contributed by atoms with van der Waals surface area (Å²) in [6.07, 6.45) is 1.81. The number of amides is 1. The highest BCUT2D eigenvalue weighted by Gasteiger charge is 2.04. The molecule has 2 aromatic rings. The standard InChI is InChI=1S/C17H18ClNO2/c1-21-16-10-6-14(7-11-16)17(20)19-12-2-3-13-4-8-15(18)9-5-13/h4-11H,2-3,12H2,1H3,(H,19,20). The molecule has 2 aromatic carbocycles. The van der Waals surface area contributed by atoms with Crippen LogP contribution in [0.15, 0.2) is 48.5 Å². The van der Waals surface area contributed by atoms with Crippen LogP contribution in [0, 0.1) is 0 Å². The average Bonchev–Trinajstić information content (AvgIpc) is 2.53. The van der Waals surface area contributed by atoms with E-state index in [1.807, 2.05) is 24.3 Å². The Morgan fingerprint density at radius 3 is 2.38 bits per heavy atom. The summed E-state index contributed by atoms with van der Waals surface area (Å²) < 4.78 is 5.06. The maximum Gasteiger partial charge on any atom is 0.251 e. The van der Waals surface area contributed by atoms with E-state index >= 15 is 0 Å². The van der Waals surface area contributed by atoms with Crippen LogP contribution in [0.5, 0.6) is 5.75 Å². The quantitative estimate of drug-likeness (QED) is 0.826. The maximum atomic E-state index is 11.9. The average molecular weight is 304 g/mol. The Bertz CT molecular complexity index is 579. The summed E-state index contributed by atoms with van der Waals surface area (Å²) >= 11 is 5.84. The minimum absolute atomic E-state index is 0.0613. The number of nitrogens with one attached hydrogen (secondary N) is 1. The number of carbonyl (C=O) groups excluding carboxylic acids is 1. The Kier molecular flexibility index (Phi) is 5.64. The number of carbonyl (C=O) groups is 1. The highest BCUT2D eigenvalue weighted by molar-refractivity contribution is 6.30. The van der Waals surface area contributed by atoms with Crippen molar-refractivity contribution in [3.05, 3.63) is 64.7 Å². The SMILES string of the molecule is COc1ccc(C(=O)NCCCc2ccc(Cl)cc2)cc1. The van der Waals surface area contributed by atoms with Crippen molar-refractivity contribution in [2.75, 3.05) is 13.7 Å². The first-order valence-electron chi connectivity index (χ1n) is 6.86. The van der Waals surface area contributed by atoms with Gasteiger partial charge < -0.3 is 10.1 Å². The summed E-state index contributed by atoms with van der Waals surface area (Å²) in [5.41, 5.74) is 1.86. The Morgan fingerprint density at radius 2 is 1.76 bits per heavy atom. The van der Waals surface area contributed by atoms with Crippen LogP contribution in [0.1, 0.15) is 22.3 Å². The third-order valence-electron chi connectivity index (χ3n) is 3.19. The van der Waals surface area contributed by atoms with E-state index in [2.05, 4.69) is 5.32 Å². The fraction of sp³-hybridized carbons (Fsp3) is 0.235. The van der Waals surface area contributed by atoms with Crippen LogP contribution in [-0.2, 0) is 6.42 Å². The van der Waals surface area contributed by atoms with Gasteiger partial charge in [0.05, 0.1) is 7.11 Å². The van der Waals surface area contributed by atoms with Crippen LogP contribution in [0.3, 0.4) is 0 Å². The van der Waals surface area contributed by atoms with Crippen molar-refractivity contribution in [1.29, 1.82) is 0 Å². The van der Waals surface area contributed by atoms with Crippen molar-refractivity contribution in [3.63, 3.8) is 0 Å². The lowest BCUT2D eigenvalue weighted by molar-refractivity contribution is 0.0953. The molecule has 0 aliphatic heterocycles. The minimum Gasteiger partial charge on any atom is -0.497 e. The maximum absolute atomic E-state index is 11.9. The van der Waals surface area contributed by atoms with Crippen molar-refractivity contribution >= 4 is 17.5 Å². The number of aryl methyl sites for hydroxylation is 1. The summed E-state index contributed by atoms with van der Waals surface area (Å²) in [6, 6.07) is 14.9. The van der Waals surface area contributed by atoms with Crippen LogP contribution in [-0.4, -0.2) is 19.6 Å². The minimum atomic E-state index is -0.0613. The van der Waals surface area contributed by atoms with E-state index in [9.17, 15) is 4.79 Å². The van der Waals surface area contributed by atoms with Crippen molar-refractivity contribution < 1.29 is 9.53 Å². The monoisotopic (exact) mass is 303 g/mol. The van der Waals surface area contributed by atoms with Gasteiger partial charge in [-0.3, -0.25) is 4.79 Å². The molecule has 4 heteroatoms. The number of ether oxygens (including phenoxy) is 1. The smallest absolute Gasteiger partial charge is 0.251 e. The molecular formula is C17H18ClNO2. The number of benzene rings is 2. The lowest BCUT2D eigenvalue weighted by atomic mass is 10.1. The third-order valence-corrected chi connectivity index (χ3v) is 3.45. The van der Waals surface area contributed by atoms with E-state index in [0.29, 0.717) is 12.1 Å². The molecule has 0 bridgehead atoms. The zero-order valence-electron chi connectivity index (χ0n) is 11.9. The Hall–Kier alpha value is -2.00. The molecule has 0 saturated carbocycles. The second kappa shape index (κ2) is 7.70. The molecule has 0 fully saturated rings. The van der Waals surface area contributed by atoms with Crippen molar-refractivity contribution in [3.8, 4) is 5.75 Å². The fourth-order valence-corrected chi connectivity index (χ4v) is 2.12. The van der Waals surface area contributed by atoms with Gasteiger partial charge in [0.2, 0.25) is 0 Å². The summed E-state index contributed by atoms with van der Waals surface area (Å²) in [7, 11) is 1.60. The summed E-state index contributed by atoms with van der Waals surface area (Å²) in [5.74, 6) is 0.683. The van der Waals surface area contributed by atoms with E-state index in [4.69, 9.17) is 16.3 Å². The molecule has 1 N–H and O–H groups in total. The molecule has 21 heavy (non-hydrogen) atoms. The van der Waals surface area contributed by atoms with Gasteiger partial charge in [-0.2, -0.15) is 0 Å². The van der Waals surface area contributed by atoms with Crippen LogP contribution in [0.2, 0.25) is 5.02 Å².